The lowest BCUT2D eigenvalue weighted by Gasteiger charge is -2.04. The lowest BCUT2D eigenvalue weighted by molar-refractivity contribution is -0.116. The van der Waals surface area contributed by atoms with Crippen LogP contribution in [0.15, 0.2) is 41.1 Å². The lowest BCUT2D eigenvalue weighted by Crippen LogP contribution is -2.27. The van der Waals surface area contributed by atoms with E-state index in [1.165, 1.54) is 33.8 Å². The summed E-state index contributed by atoms with van der Waals surface area (Å²) in [5.41, 5.74) is 4.33. The SMILES string of the molecule is Cc1ccc(-c2csc(NC(=O)CCNC(=O)c3cccs3)n2)cc1C. The number of anilines is 1. The second-order valence-electron chi connectivity index (χ2n) is 5.87. The number of hydrogen-bond acceptors (Lipinski definition) is 5. The lowest BCUT2D eigenvalue weighted by atomic mass is 10.1. The Morgan fingerprint density at radius 2 is 1.96 bits per heavy atom. The van der Waals surface area contributed by atoms with Crippen molar-refractivity contribution in [3.05, 3.63) is 57.1 Å². The Morgan fingerprint density at radius 1 is 1.12 bits per heavy atom. The molecule has 2 amide bonds. The zero-order chi connectivity index (χ0) is 18.5. The minimum Gasteiger partial charge on any atom is -0.351 e. The van der Waals surface area contributed by atoms with Crippen LogP contribution in [-0.2, 0) is 4.79 Å². The van der Waals surface area contributed by atoms with Crippen molar-refractivity contribution in [3.63, 3.8) is 0 Å². The van der Waals surface area contributed by atoms with Crippen molar-refractivity contribution >= 4 is 39.6 Å². The number of amides is 2. The fourth-order valence-electron chi connectivity index (χ4n) is 2.33. The number of benzene rings is 1. The molecule has 0 saturated carbocycles. The van der Waals surface area contributed by atoms with Crippen molar-refractivity contribution in [2.45, 2.75) is 20.3 Å². The van der Waals surface area contributed by atoms with Crippen LogP contribution in [0.5, 0.6) is 0 Å². The number of carbonyl (C=O) groups is 2. The Hall–Kier alpha value is -2.51. The highest BCUT2D eigenvalue weighted by Crippen LogP contribution is 2.26. The van der Waals surface area contributed by atoms with Gasteiger partial charge in [0.15, 0.2) is 5.13 Å². The second kappa shape index (κ2) is 8.25. The molecule has 0 radical (unpaired) electrons. The standard InChI is InChI=1S/C19H19N3O2S2/c1-12-5-6-14(10-13(12)2)15-11-26-19(21-15)22-17(23)7-8-20-18(24)16-4-3-9-25-16/h3-6,9-11H,7-8H2,1-2H3,(H,20,24)(H,21,22,23). The molecular weight excluding hydrogens is 366 g/mol. The van der Waals surface area contributed by atoms with E-state index in [-0.39, 0.29) is 24.8 Å². The summed E-state index contributed by atoms with van der Waals surface area (Å²) >= 11 is 2.77. The van der Waals surface area contributed by atoms with Gasteiger partial charge >= 0.3 is 0 Å². The van der Waals surface area contributed by atoms with Gasteiger partial charge in [0.25, 0.3) is 5.91 Å². The highest BCUT2D eigenvalue weighted by molar-refractivity contribution is 7.14. The first-order valence-corrected chi connectivity index (χ1v) is 9.93. The normalized spacial score (nSPS) is 10.5. The third kappa shape index (κ3) is 4.56. The molecule has 3 aromatic rings. The Bertz CT molecular complexity index is 917. The van der Waals surface area contributed by atoms with E-state index in [1.807, 2.05) is 22.9 Å². The minimum absolute atomic E-state index is 0.154. The Balaban J connectivity index is 1.51. The maximum Gasteiger partial charge on any atom is 0.261 e. The predicted octanol–water partition coefficient (Wildman–Crippen LogP) is 4.25. The van der Waals surface area contributed by atoms with E-state index in [2.05, 4.69) is 41.6 Å². The second-order valence-corrected chi connectivity index (χ2v) is 7.67. The third-order valence-corrected chi connectivity index (χ3v) is 5.56. The fraction of sp³-hybridized carbons (Fsp3) is 0.211. The van der Waals surface area contributed by atoms with E-state index in [1.54, 1.807) is 6.07 Å². The van der Waals surface area contributed by atoms with Gasteiger partial charge in [-0.1, -0.05) is 18.2 Å². The molecule has 2 aromatic heterocycles. The number of thiophene rings is 1. The van der Waals surface area contributed by atoms with Crippen LogP contribution in [0.1, 0.15) is 27.2 Å². The van der Waals surface area contributed by atoms with Gasteiger partial charge in [-0.05, 0) is 42.5 Å². The number of aromatic nitrogens is 1. The molecule has 0 unspecified atom stereocenters. The van der Waals surface area contributed by atoms with Gasteiger partial charge in [0.2, 0.25) is 5.91 Å². The van der Waals surface area contributed by atoms with Gasteiger partial charge in [-0.15, -0.1) is 22.7 Å². The van der Waals surface area contributed by atoms with Crippen LogP contribution in [0.3, 0.4) is 0 Å². The molecule has 26 heavy (non-hydrogen) atoms. The molecule has 0 saturated heterocycles. The van der Waals surface area contributed by atoms with Crippen LogP contribution in [0.25, 0.3) is 11.3 Å². The van der Waals surface area contributed by atoms with Crippen molar-refractivity contribution in [1.82, 2.24) is 10.3 Å². The Morgan fingerprint density at radius 3 is 2.69 bits per heavy atom. The largest absolute Gasteiger partial charge is 0.351 e. The smallest absolute Gasteiger partial charge is 0.261 e. The van der Waals surface area contributed by atoms with Crippen LogP contribution in [0.2, 0.25) is 0 Å². The molecular formula is C19H19N3O2S2. The molecule has 1 aromatic carbocycles. The van der Waals surface area contributed by atoms with E-state index in [9.17, 15) is 9.59 Å². The molecule has 0 aliphatic heterocycles. The molecule has 0 fully saturated rings. The highest BCUT2D eigenvalue weighted by atomic mass is 32.1. The number of thiazole rings is 1. The summed E-state index contributed by atoms with van der Waals surface area (Å²) in [6.45, 7) is 4.43. The minimum atomic E-state index is -0.169. The molecule has 0 aliphatic carbocycles. The Kier molecular flexibility index (Phi) is 5.80. The molecule has 0 atom stereocenters. The van der Waals surface area contributed by atoms with Crippen LogP contribution in [0.4, 0.5) is 5.13 Å². The molecule has 0 spiro atoms. The zero-order valence-electron chi connectivity index (χ0n) is 14.5. The highest BCUT2D eigenvalue weighted by Gasteiger charge is 2.10. The van der Waals surface area contributed by atoms with Gasteiger partial charge in [0, 0.05) is 23.9 Å². The fourth-order valence-corrected chi connectivity index (χ4v) is 3.71. The van der Waals surface area contributed by atoms with E-state index in [0.717, 1.165) is 11.3 Å². The van der Waals surface area contributed by atoms with Crippen molar-refractivity contribution < 1.29 is 9.59 Å². The summed E-state index contributed by atoms with van der Waals surface area (Å²) < 4.78 is 0. The summed E-state index contributed by atoms with van der Waals surface area (Å²) in [4.78, 5) is 29.0. The van der Waals surface area contributed by atoms with Crippen molar-refractivity contribution in [2.24, 2.45) is 0 Å². The number of nitrogens with one attached hydrogen (secondary N) is 2. The summed E-state index contributed by atoms with van der Waals surface area (Å²) in [7, 11) is 0. The monoisotopic (exact) mass is 385 g/mol. The first-order valence-electron chi connectivity index (χ1n) is 8.17. The Labute approximate surface area is 160 Å². The van der Waals surface area contributed by atoms with Gasteiger partial charge < -0.3 is 10.6 Å². The van der Waals surface area contributed by atoms with Crippen molar-refractivity contribution in [3.8, 4) is 11.3 Å². The quantitative estimate of drug-likeness (QED) is 0.666. The first kappa shape index (κ1) is 18.3. The molecule has 0 aliphatic rings. The molecule has 5 nitrogen and oxygen atoms in total. The van der Waals surface area contributed by atoms with Crippen LogP contribution in [0, 0.1) is 13.8 Å². The van der Waals surface area contributed by atoms with E-state index in [4.69, 9.17) is 0 Å². The molecule has 2 heterocycles. The maximum atomic E-state index is 12.0. The molecule has 3 rings (SSSR count). The van der Waals surface area contributed by atoms with E-state index in [0.29, 0.717) is 10.0 Å². The van der Waals surface area contributed by atoms with Gasteiger partial charge in [-0.3, -0.25) is 9.59 Å². The van der Waals surface area contributed by atoms with E-state index < -0.39 is 0 Å². The molecule has 7 heteroatoms. The van der Waals surface area contributed by atoms with Crippen molar-refractivity contribution in [2.75, 3.05) is 11.9 Å². The summed E-state index contributed by atoms with van der Waals surface area (Å²) in [6, 6.07) is 9.77. The first-order chi connectivity index (χ1) is 12.5. The molecule has 2 N–H and O–H groups in total. The molecule has 0 bridgehead atoms. The number of carbonyl (C=O) groups excluding carboxylic acids is 2. The van der Waals surface area contributed by atoms with Crippen molar-refractivity contribution in [1.29, 1.82) is 0 Å². The maximum absolute atomic E-state index is 12.0. The topological polar surface area (TPSA) is 71.1 Å². The zero-order valence-corrected chi connectivity index (χ0v) is 16.2. The summed E-state index contributed by atoms with van der Waals surface area (Å²) in [5.74, 6) is -0.323. The van der Waals surface area contributed by atoms with Gasteiger partial charge in [0.05, 0.1) is 10.6 Å². The summed E-state index contributed by atoms with van der Waals surface area (Å²) in [5, 5.41) is 9.86. The third-order valence-electron chi connectivity index (χ3n) is 3.94. The van der Waals surface area contributed by atoms with Crippen LogP contribution >= 0.6 is 22.7 Å². The number of aryl methyl sites for hydroxylation is 2. The number of rotatable bonds is 6. The van der Waals surface area contributed by atoms with Crippen LogP contribution < -0.4 is 10.6 Å². The van der Waals surface area contributed by atoms with Gasteiger partial charge in [0.1, 0.15) is 0 Å². The number of hydrogen-bond donors (Lipinski definition) is 2. The van der Waals surface area contributed by atoms with E-state index >= 15 is 0 Å². The summed E-state index contributed by atoms with van der Waals surface area (Å²) in [6.07, 6.45) is 0.204. The average Bonchev–Trinajstić information content (AvgIpc) is 3.29. The van der Waals surface area contributed by atoms with Gasteiger partial charge in [-0.25, -0.2) is 4.98 Å². The predicted molar refractivity (Wildman–Crippen MR) is 107 cm³/mol. The van der Waals surface area contributed by atoms with Gasteiger partial charge in [-0.2, -0.15) is 0 Å². The molecule has 134 valence electrons. The van der Waals surface area contributed by atoms with Crippen LogP contribution in [-0.4, -0.2) is 23.3 Å². The average molecular weight is 386 g/mol. The number of nitrogens with zero attached hydrogens (tertiary/aromatic N) is 1.